The number of aldehydes is 1. The topological polar surface area (TPSA) is 47.3 Å². The van der Waals surface area contributed by atoms with Crippen LogP contribution in [0.25, 0.3) is 0 Å². The highest BCUT2D eigenvalue weighted by Crippen LogP contribution is 2.07. The van der Waals surface area contributed by atoms with Crippen molar-refractivity contribution < 1.29 is 9.21 Å². The maximum Gasteiger partial charge on any atom is 0.191 e. The zero-order valence-electron chi connectivity index (χ0n) is 7.30. The quantitative estimate of drug-likeness (QED) is 0.592. The summed E-state index contributed by atoms with van der Waals surface area (Å²) in [6.45, 7) is 4.94. The van der Waals surface area contributed by atoms with Gasteiger partial charge in [-0.1, -0.05) is 0 Å². The first-order chi connectivity index (χ1) is 5.57. The second-order valence-electron chi connectivity index (χ2n) is 2.72. The molecule has 0 bridgehead atoms. The van der Waals surface area contributed by atoms with E-state index in [1.807, 2.05) is 0 Å². The molecular weight excluding hydrogens is 156 g/mol. The average molecular weight is 166 g/mol. The van der Waals surface area contributed by atoms with Crippen LogP contribution in [-0.4, -0.2) is 6.29 Å². The lowest BCUT2D eigenvalue weighted by atomic mass is 10.1. The number of rotatable bonds is 1. The maximum absolute atomic E-state index is 11.4. The second-order valence-corrected chi connectivity index (χ2v) is 2.72. The number of aryl methyl sites for hydroxylation is 1. The van der Waals surface area contributed by atoms with Crippen LogP contribution in [0.5, 0.6) is 0 Å². The summed E-state index contributed by atoms with van der Waals surface area (Å²) in [6, 6.07) is 0. The molecule has 0 aliphatic carbocycles. The Hall–Kier alpha value is -1.38. The molecule has 0 unspecified atom stereocenters. The van der Waals surface area contributed by atoms with Gasteiger partial charge in [-0.3, -0.25) is 9.59 Å². The van der Waals surface area contributed by atoms with Crippen LogP contribution in [0.3, 0.4) is 0 Å². The Kier molecular flexibility index (Phi) is 2.13. The van der Waals surface area contributed by atoms with Crippen LogP contribution in [0.1, 0.15) is 27.4 Å². The Morgan fingerprint density at radius 2 is 1.75 bits per heavy atom. The van der Waals surface area contributed by atoms with Crippen LogP contribution in [0.2, 0.25) is 0 Å². The van der Waals surface area contributed by atoms with Gasteiger partial charge in [-0.15, -0.1) is 0 Å². The zero-order valence-corrected chi connectivity index (χ0v) is 7.30. The largest absolute Gasteiger partial charge is 0.458 e. The van der Waals surface area contributed by atoms with E-state index < -0.39 is 0 Å². The van der Waals surface area contributed by atoms with Crippen molar-refractivity contribution in [2.75, 3.05) is 0 Å². The van der Waals surface area contributed by atoms with Gasteiger partial charge in [-0.25, -0.2) is 0 Å². The van der Waals surface area contributed by atoms with Gasteiger partial charge in [0, 0.05) is 11.1 Å². The molecule has 0 spiro atoms. The van der Waals surface area contributed by atoms with Crippen molar-refractivity contribution >= 4 is 6.29 Å². The normalized spacial score (nSPS) is 9.92. The summed E-state index contributed by atoms with van der Waals surface area (Å²) in [5, 5.41) is 0. The molecule has 3 heteroatoms. The first-order valence-electron chi connectivity index (χ1n) is 3.64. The highest BCUT2D eigenvalue weighted by atomic mass is 16.3. The van der Waals surface area contributed by atoms with E-state index >= 15 is 0 Å². The molecule has 0 fully saturated rings. The minimum absolute atomic E-state index is 0.110. The Bertz CT molecular complexity index is 374. The van der Waals surface area contributed by atoms with Crippen LogP contribution >= 0.6 is 0 Å². The Balaban J connectivity index is 3.60. The third-order valence-corrected chi connectivity index (χ3v) is 1.95. The summed E-state index contributed by atoms with van der Waals surface area (Å²) >= 11 is 0. The highest BCUT2D eigenvalue weighted by Gasteiger charge is 2.08. The minimum atomic E-state index is -0.110. The number of carbonyl (C=O) groups is 1. The molecule has 1 heterocycles. The first-order valence-corrected chi connectivity index (χ1v) is 3.64. The van der Waals surface area contributed by atoms with Gasteiger partial charge >= 0.3 is 0 Å². The Labute approximate surface area is 70.0 Å². The Morgan fingerprint density at radius 1 is 1.17 bits per heavy atom. The van der Waals surface area contributed by atoms with Crippen molar-refractivity contribution in [3.05, 3.63) is 32.9 Å². The van der Waals surface area contributed by atoms with E-state index in [0.717, 1.165) is 0 Å². The van der Waals surface area contributed by atoms with Crippen molar-refractivity contribution in [1.82, 2.24) is 0 Å². The molecule has 0 atom stereocenters. The minimum Gasteiger partial charge on any atom is -0.458 e. The zero-order chi connectivity index (χ0) is 9.30. The number of hydrogen-bond donors (Lipinski definition) is 0. The number of carbonyl (C=O) groups excluding carboxylic acids is 1. The maximum atomic E-state index is 11.4. The Morgan fingerprint density at radius 3 is 2.25 bits per heavy atom. The lowest BCUT2D eigenvalue weighted by Crippen LogP contribution is -2.12. The van der Waals surface area contributed by atoms with E-state index in [-0.39, 0.29) is 11.2 Å². The first kappa shape index (κ1) is 8.71. The lowest BCUT2D eigenvalue weighted by molar-refractivity contribution is 0.109. The summed E-state index contributed by atoms with van der Waals surface area (Å²) in [5.41, 5.74) is 0.840. The summed E-state index contributed by atoms with van der Waals surface area (Å²) < 4.78 is 5.10. The molecule has 0 saturated carbocycles. The van der Waals surface area contributed by atoms with E-state index in [0.29, 0.717) is 23.2 Å². The predicted octanol–water partition coefficient (Wildman–Crippen LogP) is 1.38. The fraction of sp³-hybridized carbons (Fsp3) is 0.333. The molecule has 0 N–H and O–H groups in total. The molecule has 64 valence electrons. The van der Waals surface area contributed by atoms with Gasteiger partial charge in [0.2, 0.25) is 0 Å². The molecule has 0 radical (unpaired) electrons. The molecule has 1 aromatic rings. The van der Waals surface area contributed by atoms with E-state index in [1.54, 1.807) is 20.8 Å². The van der Waals surface area contributed by atoms with Crippen molar-refractivity contribution in [2.24, 2.45) is 0 Å². The summed E-state index contributed by atoms with van der Waals surface area (Å²) in [5.74, 6) is 0.635. The van der Waals surface area contributed by atoms with E-state index in [1.165, 1.54) is 0 Å². The van der Waals surface area contributed by atoms with Crippen LogP contribution in [0, 0.1) is 20.8 Å². The van der Waals surface area contributed by atoms with Gasteiger partial charge in [0.15, 0.2) is 17.5 Å². The van der Waals surface area contributed by atoms with Gasteiger partial charge in [-0.2, -0.15) is 0 Å². The molecule has 1 aromatic heterocycles. The molecule has 0 amide bonds. The van der Waals surface area contributed by atoms with Gasteiger partial charge in [-0.05, 0) is 20.8 Å². The van der Waals surface area contributed by atoms with Crippen molar-refractivity contribution in [1.29, 1.82) is 0 Å². The van der Waals surface area contributed by atoms with E-state index in [4.69, 9.17) is 4.42 Å². The van der Waals surface area contributed by atoms with Crippen molar-refractivity contribution in [2.45, 2.75) is 20.8 Å². The standard InChI is InChI=1S/C9H10O3/c1-5-7(3)12-8(4-10)6(2)9(5)11/h4H,1-3H3. The highest BCUT2D eigenvalue weighted by molar-refractivity contribution is 5.72. The van der Waals surface area contributed by atoms with Gasteiger partial charge < -0.3 is 4.42 Å². The number of hydrogen-bond acceptors (Lipinski definition) is 3. The molecule has 12 heavy (non-hydrogen) atoms. The fourth-order valence-corrected chi connectivity index (χ4v) is 0.983. The van der Waals surface area contributed by atoms with Crippen LogP contribution in [0.15, 0.2) is 9.21 Å². The molecule has 3 nitrogen and oxygen atoms in total. The van der Waals surface area contributed by atoms with E-state index in [2.05, 4.69) is 0 Å². The summed E-state index contributed by atoms with van der Waals surface area (Å²) in [4.78, 5) is 21.8. The van der Waals surface area contributed by atoms with Gasteiger partial charge in [0.25, 0.3) is 0 Å². The predicted molar refractivity (Wildman–Crippen MR) is 44.6 cm³/mol. The molecule has 0 aliphatic rings. The van der Waals surface area contributed by atoms with Crippen molar-refractivity contribution in [3.63, 3.8) is 0 Å². The smallest absolute Gasteiger partial charge is 0.191 e. The second kappa shape index (κ2) is 2.93. The molecule has 0 aromatic carbocycles. The van der Waals surface area contributed by atoms with Crippen LogP contribution in [-0.2, 0) is 0 Å². The SMILES string of the molecule is Cc1oc(C=O)c(C)c(=O)c1C. The fourth-order valence-electron chi connectivity index (χ4n) is 0.983. The summed E-state index contributed by atoms with van der Waals surface area (Å²) in [7, 11) is 0. The molecular formula is C9H10O3. The molecule has 1 rings (SSSR count). The van der Waals surface area contributed by atoms with E-state index in [9.17, 15) is 9.59 Å². The molecule has 0 saturated heterocycles. The van der Waals surface area contributed by atoms with Crippen LogP contribution < -0.4 is 5.43 Å². The lowest BCUT2D eigenvalue weighted by Gasteiger charge is -2.01. The third kappa shape index (κ3) is 1.18. The third-order valence-electron chi connectivity index (χ3n) is 1.95. The van der Waals surface area contributed by atoms with Gasteiger partial charge in [0.1, 0.15) is 5.76 Å². The van der Waals surface area contributed by atoms with Crippen LogP contribution in [0.4, 0.5) is 0 Å². The van der Waals surface area contributed by atoms with Gasteiger partial charge in [0.05, 0.1) is 0 Å². The summed E-state index contributed by atoms with van der Waals surface area (Å²) in [6.07, 6.45) is 0.559. The average Bonchev–Trinajstić information content (AvgIpc) is 2.08. The van der Waals surface area contributed by atoms with Crippen molar-refractivity contribution in [3.8, 4) is 0 Å². The molecule has 0 aliphatic heterocycles. The monoisotopic (exact) mass is 166 g/mol.